The van der Waals surface area contributed by atoms with Crippen LogP contribution in [0.25, 0.3) is 0 Å². The molecule has 0 spiro atoms. The van der Waals surface area contributed by atoms with Gasteiger partial charge < -0.3 is 29.6 Å². The summed E-state index contributed by atoms with van der Waals surface area (Å²) in [4.78, 5) is 70.5. The minimum atomic E-state index is -1.36. The molecule has 0 aliphatic carbocycles. The summed E-state index contributed by atoms with van der Waals surface area (Å²) < 4.78 is 46.9. The average molecular weight is 922 g/mol. The molecule has 5 aromatic rings. The van der Waals surface area contributed by atoms with Crippen molar-refractivity contribution in [1.82, 2.24) is 4.90 Å². The van der Waals surface area contributed by atoms with Gasteiger partial charge in [-0.2, -0.15) is 0 Å². The van der Waals surface area contributed by atoms with E-state index in [1.165, 1.54) is 62.8 Å². The number of ether oxygens (including phenoxy) is 4. The molecule has 2 N–H and O–H groups in total. The fourth-order valence-electron chi connectivity index (χ4n) is 6.25. The molecular weight excluding hydrogens is 882 g/mol. The Morgan fingerprint density at radius 2 is 1.39 bits per heavy atom. The van der Waals surface area contributed by atoms with E-state index in [1.807, 2.05) is 30.3 Å². The molecule has 0 fully saturated rings. The number of benzene rings is 5. The number of carbonyl (C=O) groups is 4. The van der Waals surface area contributed by atoms with Gasteiger partial charge in [-0.15, -0.1) is 0 Å². The van der Waals surface area contributed by atoms with Gasteiger partial charge in [0.05, 0.1) is 31.2 Å². The maximum atomic E-state index is 14.3. The van der Waals surface area contributed by atoms with Crippen LogP contribution < -0.4 is 10.5 Å². The van der Waals surface area contributed by atoms with Crippen LogP contribution in [0.2, 0.25) is 0 Å². The highest BCUT2D eigenvalue weighted by Gasteiger charge is 2.43. The number of methoxy groups -OCH3 is 3. The van der Waals surface area contributed by atoms with Crippen LogP contribution in [-0.4, -0.2) is 59.9 Å². The molecule has 0 saturated carbocycles. The molecule has 0 saturated heterocycles. The largest absolute Gasteiger partial charge is 0.489 e. The van der Waals surface area contributed by atoms with Gasteiger partial charge in [0.25, 0.3) is 17.3 Å². The highest BCUT2D eigenvalue weighted by Crippen LogP contribution is 2.39. The summed E-state index contributed by atoms with van der Waals surface area (Å²) in [5.41, 5.74) is 7.98. The lowest BCUT2D eigenvalue weighted by Crippen LogP contribution is -2.35. The molecule has 1 heterocycles. The number of hydrogen-bond acceptors (Lipinski definition) is 13. The van der Waals surface area contributed by atoms with Gasteiger partial charge >= 0.3 is 17.9 Å². The molecule has 16 nitrogen and oxygen atoms in total. The van der Waals surface area contributed by atoms with E-state index in [-0.39, 0.29) is 47.0 Å². The summed E-state index contributed by atoms with van der Waals surface area (Å²) in [7, 11) is 3.59. The van der Waals surface area contributed by atoms with Gasteiger partial charge in [-0.25, -0.2) is 18.4 Å². The Kier molecular flexibility index (Phi) is 16.8. The number of hydrogen-bond donors (Lipinski definition) is 1. The number of alkyl halides is 1. The average Bonchev–Trinajstić information content (AvgIpc) is 3.61. The summed E-state index contributed by atoms with van der Waals surface area (Å²) in [6.45, 7) is 1.83. The predicted octanol–water partition coefficient (Wildman–Crippen LogP) is 7.77. The van der Waals surface area contributed by atoms with E-state index < -0.39 is 57.4 Å². The first-order chi connectivity index (χ1) is 29.6. The highest BCUT2D eigenvalue weighted by molar-refractivity contribution is 9.08. The molecule has 1 amide bonds. The van der Waals surface area contributed by atoms with E-state index in [2.05, 4.69) is 25.4 Å². The van der Waals surface area contributed by atoms with Crippen LogP contribution in [0.5, 0.6) is 5.75 Å². The minimum Gasteiger partial charge on any atom is -0.489 e. The number of halogens is 3. The SMILES string of the molecule is COC(=O)C(N)c1cc(F)ccc1C.COC(=O)C(c1cc(F)ccc1OCc1ccccc1)N1Cc2cccc([N+](=O)[O-])c2C1=O.COC(=O)c1c(CBr)cccc1[N+](=O)[O-]. The summed E-state index contributed by atoms with van der Waals surface area (Å²) in [6, 6.07) is 23.5. The molecule has 5 aromatic carbocycles. The van der Waals surface area contributed by atoms with E-state index in [9.17, 15) is 48.2 Å². The summed E-state index contributed by atoms with van der Waals surface area (Å²) >= 11 is 3.16. The number of nitro groups is 2. The fraction of sp³-hybridized carbons (Fsp3) is 0.209. The Bertz CT molecular complexity index is 2470. The molecule has 1 aliphatic heterocycles. The van der Waals surface area contributed by atoms with Gasteiger partial charge in [-0.1, -0.05) is 76.6 Å². The third-order valence-electron chi connectivity index (χ3n) is 9.27. The second-order valence-electron chi connectivity index (χ2n) is 13.1. The minimum absolute atomic E-state index is 0.00174. The number of nitrogens with zero attached hydrogens (tertiary/aromatic N) is 3. The zero-order chi connectivity index (χ0) is 45.7. The molecule has 6 rings (SSSR count). The maximum Gasteiger partial charge on any atom is 0.345 e. The summed E-state index contributed by atoms with van der Waals surface area (Å²) in [6.07, 6.45) is 0. The third-order valence-corrected chi connectivity index (χ3v) is 9.88. The molecule has 0 radical (unpaired) electrons. The zero-order valence-electron chi connectivity index (χ0n) is 33.5. The van der Waals surface area contributed by atoms with Gasteiger partial charge in [0.2, 0.25) is 0 Å². The lowest BCUT2D eigenvalue weighted by Gasteiger charge is -2.27. The lowest BCUT2D eigenvalue weighted by molar-refractivity contribution is -0.385. The number of fused-ring (bicyclic) bond motifs is 1. The monoisotopic (exact) mass is 920 g/mol. The lowest BCUT2D eigenvalue weighted by atomic mass is 10.0. The zero-order valence-corrected chi connectivity index (χ0v) is 35.1. The molecule has 2 atom stereocenters. The summed E-state index contributed by atoms with van der Waals surface area (Å²) in [5, 5.41) is 22.5. The number of nitro benzene ring substituents is 2. The first-order valence-electron chi connectivity index (χ1n) is 18.2. The van der Waals surface area contributed by atoms with Crippen molar-refractivity contribution in [3.8, 4) is 5.75 Å². The van der Waals surface area contributed by atoms with E-state index in [4.69, 9.17) is 15.2 Å². The Hall–Kier alpha value is -7.12. The van der Waals surface area contributed by atoms with Crippen molar-refractivity contribution in [2.75, 3.05) is 21.3 Å². The first kappa shape index (κ1) is 47.6. The normalized spacial score (nSPS) is 12.3. The van der Waals surface area contributed by atoms with Crippen molar-refractivity contribution < 1.29 is 56.8 Å². The number of aryl methyl sites for hydroxylation is 1. The van der Waals surface area contributed by atoms with Gasteiger partial charge in [0.1, 0.15) is 41.2 Å². The second kappa shape index (κ2) is 21.9. The van der Waals surface area contributed by atoms with Crippen molar-refractivity contribution in [3.05, 3.63) is 179 Å². The van der Waals surface area contributed by atoms with Crippen LogP contribution in [0.15, 0.2) is 103 Å². The molecule has 0 bridgehead atoms. The standard InChI is InChI=1S/C24H19FN2O6.C10H12FNO2.C9H8BrNO4/c1-32-24(29)22(26-13-16-8-5-9-19(27(30)31)21(16)23(26)28)18-12-17(25)10-11-20(18)33-14-15-6-3-2-4-7-15;1-6-3-4-7(11)5-8(6)9(12)10(13)14-2;1-15-9(12)8-6(5-10)3-2-4-7(8)11(13)14/h2-12,22H,13-14H2,1H3;3-5,9H,12H2,1-2H3;2-4H,5H2,1H3. The van der Waals surface area contributed by atoms with Gasteiger partial charge in [-0.05, 0) is 65.1 Å². The molecule has 62 heavy (non-hydrogen) atoms. The number of nitrogens with two attached hydrogens (primary N) is 1. The number of carbonyl (C=O) groups excluding carboxylic acids is 4. The highest BCUT2D eigenvalue weighted by atomic mass is 79.9. The number of esters is 3. The third kappa shape index (κ3) is 11.4. The Morgan fingerprint density at radius 1 is 0.790 bits per heavy atom. The van der Waals surface area contributed by atoms with Crippen LogP contribution in [-0.2, 0) is 42.3 Å². The van der Waals surface area contributed by atoms with Gasteiger partial charge in [0, 0.05) is 29.6 Å². The Morgan fingerprint density at radius 3 is 1.98 bits per heavy atom. The molecule has 2 unspecified atom stereocenters. The van der Waals surface area contributed by atoms with Crippen LogP contribution in [0.4, 0.5) is 20.2 Å². The van der Waals surface area contributed by atoms with Crippen LogP contribution in [0.1, 0.15) is 66.2 Å². The van der Waals surface area contributed by atoms with E-state index in [0.29, 0.717) is 22.0 Å². The quantitative estimate of drug-likeness (QED) is 0.0416. The molecule has 0 aromatic heterocycles. The molecular formula is C43H39BrF2N4O12. The second-order valence-corrected chi connectivity index (χ2v) is 13.6. The van der Waals surface area contributed by atoms with Gasteiger partial charge in [-0.3, -0.25) is 29.8 Å². The van der Waals surface area contributed by atoms with Crippen molar-refractivity contribution in [2.24, 2.45) is 5.73 Å². The number of amides is 1. The van der Waals surface area contributed by atoms with Crippen LogP contribution in [0.3, 0.4) is 0 Å². The fourth-order valence-corrected chi connectivity index (χ4v) is 6.71. The first-order valence-corrected chi connectivity index (χ1v) is 19.3. The number of rotatable bonds is 12. The van der Waals surface area contributed by atoms with Crippen molar-refractivity contribution in [1.29, 1.82) is 0 Å². The predicted molar refractivity (Wildman–Crippen MR) is 222 cm³/mol. The van der Waals surface area contributed by atoms with E-state index >= 15 is 0 Å². The summed E-state index contributed by atoms with van der Waals surface area (Å²) in [5.74, 6) is -3.67. The Balaban J connectivity index is 0.000000241. The Labute approximate surface area is 361 Å². The molecule has 19 heteroatoms. The van der Waals surface area contributed by atoms with Crippen molar-refractivity contribution in [3.63, 3.8) is 0 Å². The molecule has 324 valence electrons. The van der Waals surface area contributed by atoms with Crippen LogP contribution >= 0.6 is 15.9 Å². The van der Waals surface area contributed by atoms with Crippen molar-refractivity contribution in [2.45, 2.75) is 37.5 Å². The van der Waals surface area contributed by atoms with Crippen molar-refractivity contribution >= 4 is 51.1 Å². The smallest absolute Gasteiger partial charge is 0.345 e. The topological polar surface area (TPSA) is 221 Å². The maximum absolute atomic E-state index is 14.3. The van der Waals surface area contributed by atoms with Crippen LogP contribution in [0, 0.1) is 38.8 Å². The molecule has 1 aliphatic rings. The van der Waals surface area contributed by atoms with Gasteiger partial charge in [0.15, 0.2) is 6.04 Å². The van der Waals surface area contributed by atoms with E-state index in [1.54, 1.807) is 25.1 Å². The van der Waals surface area contributed by atoms with E-state index in [0.717, 1.165) is 29.2 Å².